The molecule has 0 saturated heterocycles. The molecule has 0 unspecified atom stereocenters. The molecule has 108 valence electrons. The summed E-state index contributed by atoms with van der Waals surface area (Å²) < 4.78 is 0.631. The number of aromatic nitrogens is 1. The zero-order valence-corrected chi connectivity index (χ0v) is 13.0. The van der Waals surface area contributed by atoms with E-state index in [1.54, 1.807) is 30.3 Å². The van der Waals surface area contributed by atoms with Crippen molar-refractivity contribution in [3.63, 3.8) is 0 Å². The predicted molar refractivity (Wildman–Crippen MR) is 82.7 cm³/mol. The van der Waals surface area contributed by atoms with E-state index in [2.05, 4.69) is 26.2 Å². The zero-order chi connectivity index (χ0) is 15.4. The molecule has 0 saturated carbocycles. The number of hydrogen-bond donors (Lipinski definition) is 2. The molecule has 0 aliphatic heterocycles. The summed E-state index contributed by atoms with van der Waals surface area (Å²) >= 11 is 9.30. The molecule has 1 aromatic carbocycles. The number of rotatable bonds is 4. The van der Waals surface area contributed by atoms with Crippen molar-refractivity contribution in [2.45, 2.75) is 6.42 Å². The largest absolute Gasteiger partial charge is 0.481 e. The van der Waals surface area contributed by atoms with E-state index >= 15 is 0 Å². The highest BCUT2D eigenvalue weighted by Gasteiger charge is 2.12. The molecular formula is C14H10BrClN2O3. The first-order valence-corrected chi connectivity index (χ1v) is 7.06. The highest BCUT2D eigenvalue weighted by molar-refractivity contribution is 9.10. The first kappa shape index (κ1) is 15.5. The van der Waals surface area contributed by atoms with Gasteiger partial charge < -0.3 is 10.4 Å². The SMILES string of the molecule is O=C(O)Cc1ccc(NC(=O)c2cccc(Br)c2Cl)cn1. The van der Waals surface area contributed by atoms with Gasteiger partial charge >= 0.3 is 5.97 Å². The van der Waals surface area contributed by atoms with Gasteiger partial charge in [-0.1, -0.05) is 17.7 Å². The van der Waals surface area contributed by atoms with E-state index in [0.717, 1.165) is 0 Å². The van der Waals surface area contributed by atoms with Gasteiger partial charge in [0.15, 0.2) is 0 Å². The standard InChI is InChI=1S/C14H10BrClN2O3/c15-11-3-1-2-10(13(11)16)14(21)18-9-5-4-8(17-7-9)6-12(19)20/h1-5,7H,6H2,(H,18,21)(H,19,20). The number of carbonyl (C=O) groups excluding carboxylic acids is 1. The Morgan fingerprint density at radius 1 is 1.29 bits per heavy atom. The van der Waals surface area contributed by atoms with E-state index in [4.69, 9.17) is 16.7 Å². The van der Waals surface area contributed by atoms with Crippen molar-refractivity contribution >= 4 is 45.1 Å². The van der Waals surface area contributed by atoms with E-state index in [1.807, 2.05) is 0 Å². The van der Waals surface area contributed by atoms with Gasteiger partial charge in [0, 0.05) is 4.47 Å². The maximum absolute atomic E-state index is 12.1. The summed E-state index contributed by atoms with van der Waals surface area (Å²) in [6.07, 6.45) is 1.24. The lowest BCUT2D eigenvalue weighted by molar-refractivity contribution is -0.136. The summed E-state index contributed by atoms with van der Waals surface area (Å²) in [7, 11) is 0. The second-order valence-corrected chi connectivity index (χ2v) is 5.40. The average Bonchev–Trinajstić information content (AvgIpc) is 2.43. The molecule has 5 nitrogen and oxygen atoms in total. The lowest BCUT2D eigenvalue weighted by Crippen LogP contribution is -2.13. The molecule has 0 spiro atoms. The lowest BCUT2D eigenvalue weighted by atomic mass is 10.2. The summed E-state index contributed by atoms with van der Waals surface area (Å²) in [5.74, 6) is -1.32. The van der Waals surface area contributed by atoms with Crippen LogP contribution in [0.5, 0.6) is 0 Å². The fourth-order valence-corrected chi connectivity index (χ4v) is 2.21. The minimum Gasteiger partial charge on any atom is -0.481 e. The van der Waals surface area contributed by atoms with Gasteiger partial charge in [0.2, 0.25) is 0 Å². The summed E-state index contributed by atoms with van der Waals surface area (Å²) in [6, 6.07) is 8.19. The molecule has 0 atom stereocenters. The molecule has 2 aromatic rings. The summed E-state index contributed by atoms with van der Waals surface area (Å²) in [5.41, 5.74) is 1.21. The average molecular weight is 370 g/mol. The van der Waals surface area contributed by atoms with Crippen LogP contribution in [0.4, 0.5) is 5.69 Å². The number of pyridine rings is 1. The Morgan fingerprint density at radius 2 is 2.05 bits per heavy atom. The van der Waals surface area contributed by atoms with Crippen molar-refractivity contribution in [3.8, 4) is 0 Å². The first-order valence-electron chi connectivity index (χ1n) is 5.89. The molecular weight excluding hydrogens is 360 g/mol. The molecule has 0 aliphatic rings. The van der Waals surface area contributed by atoms with Crippen molar-refractivity contribution in [3.05, 3.63) is 57.3 Å². The maximum Gasteiger partial charge on any atom is 0.309 e. The number of benzene rings is 1. The normalized spacial score (nSPS) is 10.2. The van der Waals surface area contributed by atoms with Crippen LogP contribution in [-0.4, -0.2) is 22.0 Å². The number of carbonyl (C=O) groups is 2. The van der Waals surface area contributed by atoms with Crippen LogP contribution in [0.2, 0.25) is 5.02 Å². The highest BCUT2D eigenvalue weighted by Crippen LogP contribution is 2.26. The van der Waals surface area contributed by atoms with Crippen molar-refractivity contribution in [2.75, 3.05) is 5.32 Å². The lowest BCUT2D eigenvalue weighted by Gasteiger charge is -2.08. The van der Waals surface area contributed by atoms with Gasteiger partial charge in [-0.05, 0) is 40.2 Å². The van der Waals surface area contributed by atoms with Crippen molar-refractivity contribution < 1.29 is 14.7 Å². The van der Waals surface area contributed by atoms with Gasteiger partial charge in [-0.3, -0.25) is 14.6 Å². The van der Waals surface area contributed by atoms with Crippen molar-refractivity contribution in [1.29, 1.82) is 0 Å². The Bertz CT molecular complexity index is 689. The molecule has 1 aromatic heterocycles. The number of carboxylic acid groups (broad SMARTS) is 1. The van der Waals surface area contributed by atoms with E-state index in [-0.39, 0.29) is 12.3 Å². The van der Waals surface area contributed by atoms with Gasteiger partial charge in [0.1, 0.15) is 0 Å². The quantitative estimate of drug-likeness (QED) is 0.866. The number of nitrogens with zero attached hydrogens (tertiary/aromatic N) is 1. The monoisotopic (exact) mass is 368 g/mol. The number of hydrogen-bond acceptors (Lipinski definition) is 3. The van der Waals surface area contributed by atoms with Crippen LogP contribution in [0.25, 0.3) is 0 Å². The molecule has 0 radical (unpaired) electrons. The van der Waals surface area contributed by atoms with Crippen LogP contribution >= 0.6 is 27.5 Å². The Balaban J connectivity index is 2.12. The molecule has 2 rings (SSSR count). The first-order chi connectivity index (χ1) is 9.97. The molecule has 0 aliphatic carbocycles. The van der Waals surface area contributed by atoms with Crippen LogP contribution in [0.1, 0.15) is 16.1 Å². The smallest absolute Gasteiger partial charge is 0.309 e. The second-order valence-electron chi connectivity index (χ2n) is 4.16. The van der Waals surface area contributed by atoms with E-state index < -0.39 is 5.97 Å². The van der Waals surface area contributed by atoms with E-state index in [0.29, 0.717) is 26.4 Å². The van der Waals surface area contributed by atoms with Crippen LogP contribution < -0.4 is 5.32 Å². The van der Waals surface area contributed by atoms with Crippen molar-refractivity contribution in [1.82, 2.24) is 4.98 Å². The summed E-state index contributed by atoms with van der Waals surface area (Å²) in [5, 5.41) is 11.6. The Morgan fingerprint density at radius 3 is 2.67 bits per heavy atom. The Hall–Kier alpha value is -1.92. The van der Waals surface area contributed by atoms with Gasteiger partial charge in [0.25, 0.3) is 5.91 Å². The minimum atomic E-state index is -0.958. The molecule has 21 heavy (non-hydrogen) atoms. The van der Waals surface area contributed by atoms with E-state index in [1.165, 1.54) is 6.20 Å². The fraction of sp³-hybridized carbons (Fsp3) is 0.0714. The van der Waals surface area contributed by atoms with Crippen LogP contribution in [-0.2, 0) is 11.2 Å². The highest BCUT2D eigenvalue weighted by atomic mass is 79.9. The van der Waals surface area contributed by atoms with Crippen LogP contribution in [0.15, 0.2) is 41.0 Å². The van der Waals surface area contributed by atoms with Gasteiger partial charge in [-0.25, -0.2) is 0 Å². The summed E-state index contributed by atoms with van der Waals surface area (Å²) in [4.78, 5) is 26.6. The van der Waals surface area contributed by atoms with E-state index in [9.17, 15) is 9.59 Å². The van der Waals surface area contributed by atoms with Gasteiger partial charge in [-0.2, -0.15) is 0 Å². The van der Waals surface area contributed by atoms with Crippen LogP contribution in [0, 0.1) is 0 Å². The number of carboxylic acids is 1. The number of nitrogens with one attached hydrogen (secondary N) is 1. The third-order valence-electron chi connectivity index (χ3n) is 2.61. The predicted octanol–water partition coefficient (Wildman–Crippen LogP) is 3.38. The third-order valence-corrected chi connectivity index (χ3v) is 3.91. The number of halogens is 2. The Kier molecular flexibility index (Phi) is 4.93. The summed E-state index contributed by atoms with van der Waals surface area (Å²) in [6.45, 7) is 0. The van der Waals surface area contributed by atoms with Gasteiger partial charge in [-0.15, -0.1) is 0 Å². The molecule has 0 bridgehead atoms. The molecule has 7 heteroatoms. The number of aliphatic carboxylic acids is 1. The third kappa shape index (κ3) is 4.03. The molecule has 0 fully saturated rings. The Labute approximate surface area is 134 Å². The number of anilines is 1. The van der Waals surface area contributed by atoms with Crippen molar-refractivity contribution in [2.24, 2.45) is 0 Å². The fourth-order valence-electron chi connectivity index (χ4n) is 1.64. The van der Waals surface area contributed by atoms with Gasteiger partial charge in [0.05, 0.1) is 34.6 Å². The maximum atomic E-state index is 12.1. The zero-order valence-electron chi connectivity index (χ0n) is 10.6. The molecule has 2 N–H and O–H groups in total. The number of amides is 1. The molecule has 1 heterocycles. The second kappa shape index (κ2) is 6.69. The van der Waals surface area contributed by atoms with Crippen LogP contribution in [0.3, 0.4) is 0 Å². The minimum absolute atomic E-state index is 0.161. The molecule has 1 amide bonds. The topological polar surface area (TPSA) is 79.3 Å².